The number of hydrogen-bond donors (Lipinski definition) is 0. The number of halogens is 1. The van der Waals surface area contributed by atoms with E-state index in [9.17, 15) is 0 Å². The zero-order valence-corrected chi connectivity index (χ0v) is 19.5. The quantitative estimate of drug-likeness (QED) is 0.487. The number of likely N-dealkylation sites (tertiary alicyclic amines) is 1. The lowest BCUT2D eigenvalue weighted by Gasteiger charge is -2.47. The van der Waals surface area contributed by atoms with E-state index in [1.165, 1.54) is 6.42 Å². The molecule has 1 spiro atoms. The minimum absolute atomic E-state index is 0.380. The van der Waals surface area contributed by atoms with Crippen LogP contribution in [0.15, 0.2) is 48.5 Å². The van der Waals surface area contributed by atoms with E-state index in [0.29, 0.717) is 23.8 Å². The topological polar surface area (TPSA) is 43.8 Å². The first-order chi connectivity index (χ1) is 16.1. The average Bonchev–Trinajstić information content (AvgIpc) is 3.30. The van der Waals surface area contributed by atoms with E-state index in [1.807, 2.05) is 6.07 Å². The minimum Gasteiger partial charge on any atom is -0.486 e. The number of rotatable bonds is 4. The summed E-state index contributed by atoms with van der Waals surface area (Å²) < 4.78 is 17.0. The molecule has 0 N–H and O–H groups in total. The highest BCUT2D eigenvalue weighted by molar-refractivity contribution is 6.30. The number of pyridine rings is 1. The second-order valence-electron chi connectivity index (χ2n) is 9.43. The van der Waals surface area contributed by atoms with Gasteiger partial charge in [-0.25, -0.2) is 4.98 Å². The Labute approximate surface area is 199 Å². The van der Waals surface area contributed by atoms with Crippen LogP contribution in [-0.2, 0) is 11.3 Å². The largest absolute Gasteiger partial charge is 0.486 e. The summed E-state index contributed by atoms with van der Waals surface area (Å²) in [4.78, 5) is 7.21. The van der Waals surface area contributed by atoms with Gasteiger partial charge in [0.25, 0.3) is 0 Å². The van der Waals surface area contributed by atoms with Crippen LogP contribution in [0.3, 0.4) is 0 Å². The van der Waals surface area contributed by atoms with Gasteiger partial charge in [0.2, 0.25) is 0 Å². The number of ether oxygens (including phenoxy) is 3. The molecule has 3 aliphatic heterocycles. The monoisotopic (exact) mass is 462 g/mol. The number of aromatic nitrogens is 1. The molecule has 4 heterocycles. The molecule has 0 amide bonds. The number of benzene rings is 2. The van der Waals surface area contributed by atoms with E-state index >= 15 is 0 Å². The predicted molar refractivity (Wildman–Crippen MR) is 129 cm³/mol. The van der Waals surface area contributed by atoms with Crippen molar-refractivity contribution in [2.75, 3.05) is 39.5 Å². The Kier molecular flexibility index (Phi) is 5.28. The molecule has 6 rings (SSSR count). The van der Waals surface area contributed by atoms with Crippen LogP contribution in [0.1, 0.15) is 17.5 Å². The Bertz CT molecular complexity index is 1200. The first kappa shape index (κ1) is 21.0. The fourth-order valence-corrected chi connectivity index (χ4v) is 5.54. The van der Waals surface area contributed by atoms with Crippen LogP contribution >= 0.6 is 11.6 Å². The molecular formula is C27H27ClN2O3. The molecule has 33 heavy (non-hydrogen) atoms. The van der Waals surface area contributed by atoms with Crippen molar-refractivity contribution in [2.45, 2.75) is 19.9 Å². The molecule has 170 valence electrons. The van der Waals surface area contributed by atoms with Gasteiger partial charge in [-0.2, -0.15) is 0 Å². The van der Waals surface area contributed by atoms with Crippen molar-refractivity contribution in [3.63, 3.8) is 0 Å². The zero-order chi connectivity index (χ0) is 22.4. The molecule has 0 aliphatic carbocycles. The molecule has 0 atom stereocenters. The molecule has 3 aromatic rings. The van der Waals surface area contributed by atoms with E-state index in [0.717, 1.165) is 77.9 Å². The van der Waals surface area contributed by atoms with E-state index in [2.05, 4.69) is 54.3 Å². The lowest BCUT2D eigenvalue weighted by Crippen LogP contribution is -2.56. The molecule has 0 saturated carbocycles. The predicted octanol–water partition coefficient (Wildman–Crippen LogP) is 5.37. The molecule has 6 heteroatoms. The van der Waals surface area contributed by atoms with Crippen molar-refractivity contribution < 1.29 is 14.2 Å². The maximum absolute atomic E-state index is 6.65. The third-order valence-corrected chi connectivity index (χ3v) is 7.41. The highest BCUT2D eigenvalue weighted by Gasteiger charge is 2.45. The Morgan fingerprint density at radius 1 is 0.970 bits per heavy atom. The molecule has 0 unspecified atom stereocenters. The van der Waals surface area contributed by atoms with Gasteiger partial charge in [0.05, 0.1) is 12.3 Å². The summed E-state index contributed by atoms with van der Waals surface area (Å²) >= 11 is 6.65. The second kappa shape index (κ2) is 8.32. The van der Waals surface area contributed by atoms with Crippen LogP contribution in [0, 0.1) is 12.3 Å². The molecule has 2 saturated heterocycles. The maximum atomic E-state index is 6.65. The van der Waals surface area contributed by atoms with Crippen LogP contribution in [0.5, 0.6) is 11.5 Å². The van der Waals surface area contributed by atoms with Crippen molar-refractivity contribution in [2.24, 2.45) is 5.41 Å². The van der Waals surface area contributed by atoms with Crippen molar-refractivity contribution in [1.29, 1.82) is 0 Å². The molecular weight excluding hydrogens is 436 g/mol. The van der Waals surface area contributed by atoms with Crippen LogP contribution in [0.4, 0.5) is 0 Å². The lowest BCUT2D eigenvalue weighted by atomic mass is 9.79. The Morgan fingerprint density at radius 2 is 1.79 bits per heavy atom. The maximum Gasteiger partial charge on any atom is 0.161 e. The van der Waals surface area contributed by atoms with E-state index in [1.54, 1.807) is 0 Å². The van der Waals surface area contributed by atoms with Gasteiger partial charge in [0, 0.05) is 42.8 Å². The van der Waals surface area contributed by atoms with Crippen LogP contribution in [0.25, 0.3) is 22.4 Å². The molecule has 0 radical (unpaired) electrons. The van der Waals surface area contributed by atoms with E-state index in [4.69, 9.17) is 30.8 Å². The summed E-state index contributed by atoms with van der Waals surface area (Å²) in [5.74, 6) is 1.60. The second-order valence-corrected chi connectivity index (χ2v) is 9.79. The Morgan fingerprint density at radius 3 is 2.58 bits per heavy atom. The summed E-state index contributed by atoms with van der Waals surface area (Å²) in [6, 6.07) is 16.6. The molecule has 2 aromatic carbocycles. The van der Waals surface area contributed by atoms with E-state index < -0.39 is 0 Å². The van der Waals surface area contributed by atoms with Gasteiger partial charge in [-0.05, 0) is 48.2 Å². The first-order valence-electron chi connectivity index (χ1n) is 11.6. The highest BCUT2D eigenvalue weighted by Crippen LogP contribution is 2.40. The first-order valence-corrected chi connectivity index (χ1v) is 11.9. The summed E-state index contributed by atoms with van der Waals surface area (Å²) in [6.07, 6.45) is 1.17. The van der Waals surface area contributed by atoms with Crippen molar-refractivity contribution in [3.05, 3.63) is 64.8 Å². The number of nitrogens with zero attached hydrogens (tertiary/aromatic N) is 2. The fourth-order valence-electron chi connectivity index (χ4n) is 5.32. The van der Waals surface area contributed by atoms with Gasteiger partial charge >= 0.3 is 0 Å². The van der Waals surface area contributed by atoms with Crippen LogP contribution in [0.2, 0.25) is 5.15 Å². The number of hydrogen-bond acceptors (Lipinski definition) is 5. The molecule has 3 aliphatic rings. The minimum atomic E-state index is 0.380. The zero-order valence-electron chi connectivity index (χ0n) is 18.8. The molecule has 0 bridgehead atoms. The Balaban J connectivity index is 1.24. The fraction of sp³-hybridized carbons (Fsp3) is 0.370. The van der Waals surface area contributed by atoms with E-state index in [-0.39, 0.29) is 0 Å². The van der Waals surface area contributed by atoms with Crippen molar-refractivity contribution >= 4 is 11.6 Å². The molecule has 2 fully saturated rings. The van der Waals surface area contributed by atoms with Crippen LogP contribution in [-0.4, -0.2) is 49.4 Å². The smallest absolute Gasteiger partial charge is 0.161 e. The SMILES string of the molecule is Cc1c(-c2ccc3c(c2)OCCO3)cccc1-c1ccc(CN2CC3(CCOC3)C2)c(Cl)n1. The van der Waals surface area contributed by atoms with Gasteiger partial charge < -0.3 is 14.2 Å². The van der Waals surface area contributed by atoms with Gasteiger partial charge in [-0.15, -0.1) is 0 Å². The van der Waals surface area contributed by atoms with Gasteiger partial charge in [-0.3, -0.25) is 4.90 Å². The summed E-state index contributed by atoms with van der Waals surface area (Å²) in [5.41, 5.74) is 6.85. The lowest BCUT2D eigenvalue weighted by molar-refractivity contribution is -0.0123. The average molecular weight is 463 g/mol. The summed E-state index contributed by atoms with van der Waals surface area (Å²) in [6.45, 7) is 8.11. The normalized spacial score (nSPS) is 19.0. The summed E-state index contributed by atoms with van der Waals surface area (Å²) in [7, 11) is 0. The molecule has 1 aromatic heterocycles. The Hall–Kier alpha value is -2.60. The standard InChI is InChI=1S/C27H27ClN2O3/c1-18-21(19-6-8-24-25(13-19)33-12-11-32-24)3-2-4-22(18)23-7-5-20(26(28)29-23)14-30-15-27(16-30)9-10-31-17-27/h2-8,13H,9-12,14-17H2,1H3. The van der Waals surface area contributed by atoms with Gasteiger partial charge in [0.1, 0.15) is 18.4 Å². The third-order valence-electron chi connectivity index (χ3n) is 7.09. The van der Waals surface area contributed by atoms with Gasteiger partial charge in [-0.1, -0.05) is 41.9 Å². The third kappa shape index (κ3) is 3.88. The van der Waals surface area contributed by atoms with Crippen molar-refractivity contribution in [3.8, 4) is 33.9 Å². The highest BCUT2D eigenvalue weighted by atomic mass is 35.5. The summed E-state index contributed by atoms with van der Waals surface area (Å²) in [5, 5.41) is 0.584. The van der Waals surface area contributed by atoms with Crippen molar-refractivity contribution in [1.82, 2.24) is 9.88 Å². The van der Waals surface area contributed by atoms with Gasteiger partial charge in [0.15, 0.2) is 11.5 Å². The van der Waals surface area contributed by atoms with Crippen LogP contribution < -0.4 is 9.47 Å². The number of fused-ring (bicyclic) bond motifs is 1. The molecule has 5 nitrogen and oxygen atoms in total.